The van der Waals surface area contributed by atoms with Crippen LogP contribution in [0.5, 0.6) is 0 Å². The minimum absolute atomic E-state index is 0.964. The molecule has 2 nitrogen and oxygen atoms in total. The lowest BCUT2D eigenvalue weighted by Crippen LogP contribution is -2.19. The summed E-state index contributed by atoms with van der Waals surface area (Å²) in [7, 11) is 0. The highest BCUT2D eigenvalue weighted by Crippen LogP contribution is 2.20. The lowest BCUT2D eigenvalue weighted by molar-refractivity contribution is 0.983. The fourth-order valence-electron chi connectivity index (χ4n) is 1.46. The first kappa shape index (κ1) is 7.58. The molecule has 2 rings (SSSR count). The molecule has 0 atom stereocenters. The Morgan fingerprint density at radius 3 is 1.77 bits per heavy atom. The molecule has 1 aliphatic rings. The highest BCUT2D eigenvalue weighted by Gasteiger charge is 2.26. The molecular formula is C11H6N2. The molecule has 0 heterocycles. The standard InChI is InChI=1S/C11H6N2/c12-7-11(8-13)5-9-3-1-2-4-10(9)6-11/h1-6H. The number of hydrogen-bond acceptors (Lipinski definition) is 2. The number of rotatable bonds is 0. The molecule has 0 radical (unpaired) electrons. The summed E-state index contributed by atoms with van der Waals surface area (Å²) in [4.78, 5) is 0. The monoisotopic (exact) mass is 166 g/mol. The third-order valence-corrected chi connectivity index (χ3v) is 2.13. The topological polar surface area (TPSA) is 47.6 Å². The number of fused-ring (bicyclic) bond motifs is 1. The van der Waals surface area contributed by atoms with Crippen molar-refractivity contribution < 1.29 is 0 Å². The van der Waals surface area contributed by atoms with Gasteiger partial charge in [0.2, 0.25) is 0 Å². The van der Waals surface area contributed by atoms with E-state index in [-0.39, 0.29) is 0 Å². The van der Waals surface area contributed by atoms with Crippen LogP contribution < -0.4 is 10.4 Å². The van der Waals surface area contributed by atoms with Crippen molar-refractivity contribution in [3.05, 3.63) is 34.7 Å². The maximum atomic E-state index is 8.85. The van der Waals surface area contributed by atoms with Crippen molar-refractivity contribution in [3.63, 3.8) is 0 Å². The molecule has 2 heteroatoms. The SMILES string of the molecule is N#CC1(C#N)C=c2ccccc2=C1. The normalized spacial score (nSPS) is 15.8. The van der Waals surface area contributed by atoms with Crippen molar-refractivity contribution in [3.8, 4) is 12.1 Å². The van der Waals surface area contributed by atoms with E-state index in [2.05, 4.69) is 0 Å². The van der Waals surface area contributed by atoms with Crippen LogP contribution in [-0.2, 0) is 0 Å². The molecule has 0 spiro atoms. The molecule has 13 heavy (non-hydrogen) atoms. The van der Waals surface area contributed by atoms with Gasteiger partial charge in [-0.3, -0.25) is 0 Å². The molecule has 0 aliphatic heterocycles. The van der Waals surface area contributed by atoms with Crippen LogP contribution in [0.15, 0.2) is 24.3 Å². The number of nitriles is 2. The number of nitrogens with zero attached hydrogens (tertiary/aromatic N) is 2. The molecule has 0 saturated heterocycles. The minimum atomic E-state index is -1.05. The van der Waals surface area contributed by atoms with Gasteiger partial charge in [0.25, 0.3) is 0 Å². The van der Waals surface area contributed by atoms with E-state index in [0.29, 0.717) is 0 Å². The Balaban J connectivity index is 2.80. The Morgan fingerprint density at radius 1 is 0.923 bits per heavy atom. The van der Waals surface area contributed by atoms with E-state index >= 15 is 0 Å². The fraction of sp³-hybridized carbons (Fsp3) is 0.0909. The van der Waals surface area contributed by atoms with E-state index in [1.807, 2.05) is 36.4 Å². The molecule has 0 amide bonds. The van der Waals surface area contributed by atoms with Gasteiger partial charge in [-0.05, 0) is 22.6 Å². The van der Waals surface area contributed by atoms with Gasteiger partial charge in [-0.1, -0.05) is 24.3 Å². The highest BCUT2D eigenvalue weighted by molar-refractivity contribution is 5.66. The Bertz CT molecular complexity index is 490. The Kier molecular flexibility index (Phi) is 1.44. The molecule has 0 unspecified atom stereocenters. The molecule has 0 saturated carbocycles. The second kappa shape index (κ2) is 2.47. The molecule has 0 aromatic heterocycles. The van der Waals surface area contributed by atoms with E-state index in [1.165, 1.54) is 0 Å². The van der Waals surface area contributed by atoms with Crippen LogP contribution in [0.2, 0.25) is 0 Å². The largest absolute Gasteiger partial charge is 0.196 e. The molecule has 0 bridgehead atoms. The van der Waals surface area contributed by atoms with E-state index in [9.17, 15) is 0 Å². The van der Waals surface area contributed by atoms with E-state index in [0.717, 1.165) is 10.4 Å². The maximum Gasteiger partial charge on any atom is 0.181 e. The zero-order chi connectivity index (χ0) is 9.31. The van der Waals surface area contributed by atoms with Crippen LogP contribution in [0, 0.1) is 28.1 Å². The van der Waals surface area contributed by atoms with Crippen LogP contribution in [0.3, 0.4) is 0 Å². The Morgan fingerprint density at radius 2 is 1.38 bits per heavy atom. The summed E-state index contributed by atoms with van der Waals surface area (Å²) < 4.78 is 0. The predicted octanol–water partition coefficient (Wildman–Crippen LogP) is 0.295. The fourth-order valence-corrected chi connectivity index (χ4v) is 1.46. The summed E-state index contributed by atoms with van der Waals surface area (Å²) in [5.74, 6) is 0. The molecular weight excluding hydrogens is 160 g/mol. The van der Waals surface area contributed by atoms with Crippen molar-refractivity contribution in [2.45, 2.75) is 0 Å². The minimum Gasteiger partial charge on any atom is -0.196 e. The molecule has 60 valence electrons. The van der Waals surface area contributed by atoms with Crippen LogP contribution in [0.25, 0.3) is 12.2 Å². The van der Waals surface area contributed by atoms with E-state index < -0.39 is 5.41 Å². The summed E-state index contributed by atoms with van der Waals surface area (Å²) in [6, 6.07) is 11.6. The Hall–Kier alpha value is -2.06. The summed E-state index contributed by atoms with van der Waals surface area (Å²) in [6.07, 6.45) is 3.39. The first-order valence-corrected chi connectivity index (χ1v) is 3.93. The first-order chi connectivity index (χ1) is 6.29. The zero-order valence-electron chi connectivity index (χ0n) is 6.86. The lowest BCUT2D eigenvalue weighted by Gasteiger charge is -2.00. The molecule has 0 fully saturated rings. The average Bonchev–Trinajstić information content (AvgIpc) is 2.57. The van der Waals surface area contributed by atoms with Crippen LogP contribution in [0.1, 0.15) is 0 Å². The molecule has 1 aliphatic carbocycles. The average molecular weight is 166 g/mol. The van der Waals surface area contributed by atoms with Gasteiger partial charge in [0, 0.05) is 0 Å². The van der Waals surface area contributed by atoms with Gasteiger partial charge in [0.05, 0.1) is 12.1 Å². The summed E-state index contributed by atoms with van der Waals surface area (Å²) in [6.45, 7) is 0. The van der Waals surface area contributed by atoms with Gasteiger partial charge in [0.15, 0.2) is 5.41 Å². The zero-order valence-corrected chi connectivity index (χ0v) is 6.86. The molecule has 1 aromatic carbocycles. The van der Waals surface area contributed by atoms with Gasteiger partial charge < -0.3 is 0 Å². The van der Waals surface area contributed by atoms with Crippen molar-refractivity contribution in [1.82, 2.24) is 0 Å². The highest BCUT2D eigenvalue weighted by atomic mass is 14.4. The van der Waals surface area contributed by atoms with Crippen molar-refractivity contribution in [2.75, 3.05) is 0 Å². The first-order valence-electron chi connectivity index (χ1n) is 3.93. The second-order valence-corrected chi connectivity index (χ2v) is 3.01. The molecule has 1 aromatic rings. The van der Waals surface area contributed by atoms with Gasteiger partial charge >= 0.3 is 0 Å². The Labute approximate surface area is 75.7 Å². The van der Waals surface area contributed by atoms with E-state index in [1.54, 1.807) is 12.2 Å². The maximum absolute atomic E-state index is 8.85. The number of hydrogen-bond donors (Lipinski definition) is 0. The van der Waals surface area contributed by atoms with Crippen LogP contribution >= 0.6 is 0 Å². The van der Waals surface area contributed by atoms with E-state index in [4.69, 9.17) is 10.5 Å². The van der Waals surface area contributed by atoms with Gasteiger partial charge in [-0.2, -0.15) is 10.5 Å². The summed E-state index contributed by atoms with van der Waals surface area (Å²) in [5, 5.41) is 19.6. The third kappa shape index (κ3) is 1.01. The summed E-state index contributed by atoms with van der Waals surface area (Å²) >= 11 is 0. The third-order valence-electron chi connectivity index (χ3n) is 2.13. The quantitative estimate of drug-likeness (QED) is 0.556. The second-order valence-electron chi connectivity index (χ2n) is 3.01. The smallest absolute Gasteiger partial charge is 0.181 e. The lowest BCUT2D eigenvalue weighted by atomic mass is 9.94. The van der Waals surface area contributed by atoms with Gasteiger partial charge in [-0.15, -0.1) is 0 Å². The van der Waals surface area contributed by atoms with Crippen molar-refractivity contribution in [1.29, 1.82) is 10.5 Å². The number of benzene rings is 1. The van der Waals surface area contributed by atoms with Crippen molar-refractivity contribution >= 4 is 12.2 Å². The van der Waals surface area contributed by atoms with Gasteiger partial charge in [-0.25, -0.2) is 0 Å². The van der Waals surface area contributed by atoms with Crippen LogP contribution in [0.4, 0.5) is 0 Å². The summed E-state index contributed by atoms with van der Waals surface area (Å²) in [5.41, 5.74) is -1.05. The van der Waals surface area contributed by atoms with Gasteiger partial charge in [0.1, 0.15) is 0 Å². The van der Waals surface area contributed by atoms with Crippen LogP contribution in [-0.4, -0.2) is 0 Å². The van der Waals surface area contributed by atoms with Crippen molar-refractivity contribution in [2.24, 2.45) is 5.41 Å². The molecule has 0 N–H and O–H groups in total. The predicted molar refractivity (Wildman–Crippen MR) is 48.3 cm³/mol.